The predicted octanol–water partition coefficient (Wildman–Crippen LogP) is 2.24. The lowest BCUT2D eigenvalue weighted by atomic mass is 9.90. The Kier molecular flexibility index (Phi) is 4.75. The summed E-state index contributed by atoms with van der Waals surface area (Å²) in [6.45, 7) is 3.52. The van der Waals surface area contributed by atoms with E-state index in [-0.39, 0.29) is 5.91 Å². The molecule has 0 spiro atoms. The van der Waals surface area contributed by atoms with Crippen molar-refractivity contribution >= 4 is 17.2 Å². The molecule has 0 atom stereocenters. The molecule has 0 unspecified atom stereocenters. The Labute approximate surface area is 139 Å². The highest BCUT2D eigenvalue weighted by Crippen LogP contribution is 2.28. The summed E-state index contributed by atoms with van der Waals surface area (Å²) in [5.41, 5.74) is 7.44. The summed E-state index contributed by atoms with van der Waals surface area (Å²) >= 11 is 1.61. The summed E-state index contributed by atoms with van der Waals surface area (Å²) in [5.74, 6) is -0.102. The molecule has 0 radical (unpaired) electrons. The molecule has 23 heavy (non-hydrogen) atoms. The third-order valence-corrected chi connectivity index (χ3v) is 5.37. The van der Waals surface area contributed by atoms with E-state index in [2.05, 4.69) is 10.3 Å². The first-order valence-corrected chi connectivity index (χ1v) is 8.57. The largest absolute Gasteiger partial charge is 0.381 e. The molecule has 0 saturated carbocycles. The molecule has 1 aliphatic heterocycles. The summed E-state index contributed by atoms with van der Waals surface area (Å²) in [4.78, 5) is 18.0. The van der Waals surface area contributed by atoms with Crippen molar-refractivity contribution < 1.29 is 9.53 Å². The van der Waals surface area contributed by atoms with Crippen LogP contribution in [-0.4, -0.2) is 29.6 Å². The molecule has 3 N–H and O–H groups in total. The standard InChI is InChI=1S/C17H21N3O2S/c1-12-14(23-15(20-12)13-5-3-2-4-6-13)11-19-16(21)17(18)7-9-22-10-8-17/h2-6H,7-11,18H2,1H3,(H,19,21). The minimum atomic E-state index is -0.806. The Balaban J connectivity index is 1.67. The van der Waals surface area contributed by atoms with Crippen LogP contribution < -0.4 is 11.1 Å². The smallest absolute Gasteiger partial charge is 0.240 e. The summed E-state index contributed by atoms with van der Waals surface area (Å²) in [6, 6.07) is 10.1. The van der Waals surface area contributed by atoms with E-state index in [1.54, 1.807) is 11.3 Å². The molecule has 1 fully saturated rings. The van der Waals surface area contributed by atoms with Crippen molar-refractivity contribution in [2.24, 2.45) is 5.73 Å². The van der Waals surface area contributed by atoms with Gasteiger partial charge in [-0.25, -0.2) is 4.98 Å². The third-order valence-electron chi connectivity index (χ3n) is 4.16. The van der Waals surface area contributed by atoms with Crippen molar-refractivity contribution in [2.45, 2.75) is 31.8 Å². The fraction of sp³-hybridized carbons (Fsp3) is 0.412. The van der Waals surface area contributed by atoms with Gasteiger partial charge in [-0.15, -0.1) is 11.3 Å². The molecule has 1 aromatic heterocycles. The van der Waals surface area contributed by atoms with Gasteiger partial charge in [-0.2, -0.15) is 0 Å². The Morgan fingerprint density at radius 1 is 1.35 bits per heavy atom. The van der Waals surface area contributed by atoms with Crippen LogP contribution in [0.25, 0.3) is 10.6 Å². The quantitative estimate of drug-likeness (QED) is 0.901. The van der Waals surface area contributed by atoms with Crippen LogP contribution in [-0.2, 0) is 16.1 Å². The van der Waals surface area contributed by atoms with Crippen LogP contribution in [0.2, 0.25) is 0 Å². The molecule has 3 rings (SSSR count). The topological polar surface area (TPSA) is 77.2 Å². The SMILES string of the molecule is Cc1nc(-c2ccccc2)sc1CNC(=O)C1(N)CCOCC1. The fourth-order valence-electron chi connectivity index (χ4n) is 2.60. The number of carbonyl (C=O) groups is 1. The first kappa shape index (κ1) is 16.1. The fourth-order valence-corrected chi connectivity index (χ4v) is 3.60. The molecule has 2 aromatic rings. The van der Waals surface area contributed by atoms with E-state index in [0.717, 1.165) is 21.1 Å². The predicted molar refractivity (Wildman–Crippen MR) is 91.1 cm³/mol. The van der Waals surface area contributed by atoms with Crippen LogP contribution in [0.1, 0.15) is 23.4 Å². The zero-order valence-electron chi connectivity index (χ0n) is 13.2. The summed E-state index contributed by atoms with van der Waals surface area (Å²) in [6.07, 6.45) is 1.13. The minimum Gasteiger partial charge on any atom is -0.381 e. The summed E-state index contributed by atoms with van der Waals surface area (Å²) in [7, 11) is 0. The molecule has 0 bridgehead atoms. The first-order chi connectivity index (χ1) is 11.1. The highest BCUT2D eigenvalue weighted by Gasteiger charge is 2.35. The van der Waals surface area contributed by atoms with Crippen LogP contribution in [0.15, 0.2) is 30.3 Å². The number of nitrogens with one attached hydrogen (secondary N) is 1. The monoisotopic (exact) mass is 331 g/mol. The number of thiazole rings is 1. The van der Waals surface area contributed by atoms with Gasteiger partial charge in [-0.1, -0.05) is 30.3 Å². The Bertz CT molecular complexity index is 678. The normalized spacial score (nSPS) is 17.0. The average molecular weight is 331 g/mol. The van der Waals surface area contributed by atoms with E-state index in [0.29, 0.717) is 32.6 Å². The number of hydrogen-bond donors (Lipinski definition) is 2. The Morgan fingerprint density at radius 2 is 2.04 bits per heavy atom. The molecule has 0 aliphatic carbocycles. The molecular formula is C17H21N3O2S. The molecule has 1 amide bonds. The van der Waals surface area contributed by atoms with E-state index in [1.165, 1.54) is 0 Å². The maximum atomic E-state index is 12.4. The average Bonchev–Trinajstić information content (AvgIpc) is 2.95. The number of benzene rings is 1. The van der Waals surface area contributed by atoms with Crippen molar-refractivity contribution in [1.82, 2.24) is 10.3 Å². The number of nitrogens with zero attached hydrogens (tertiary/aromatic N) is 1. The van der Waals surface area contributed by atoms with Gasteiger partial charge in [0.05, 0.1) is 17.8 Å². The van der Waals surface area contributed by atoms with Gasteiger partial charge in [0.25, 0.3) is 0 Å². The van der Waals surface area contributed by atoms with Crippen LogP contribution in [0.3, 0.4) is 0 Å². The third kappa shape index (κ3) is 3.60. The lowest BCUT2D eigenvalue weighted by Gasteiger charge is -2.31. The number of aryl methyl sites for hydroxylation is 1. The van der Waals surface area contributed by atoms with E-state index in [9.17, 15) is 4.79 Å². The van der Waals surface area contributed by atoms with Crippen molar-refractivity contribution in [3.8, 4) is 10.6 Å². The van der Waals surface area contributed by atoms with Gasteiger partial charge < -0.3 is 15.8 Å². The highest BCUT2D eigenvalue weighted by molar-refractivity contribution is 7.15. The second-order valence-electron chi connectivity index (χ2n) is 5.84. The maximum Gasteiger partial charge on any atom is 0.240 e. The molecule has 5 nitrogen and oxygen atoms in total. The van der Waals surface area contributed by atoms with Gasteiger partial charge in [-0.05, 0) is 19.8 Å². The molecule has 6 heteroatoms. The van der Waals surface area contributed by atoms with Crippen LogP contribution in [0.5, 0.6) is 0 Å². The first-order valence-electron chi connectivity index (χ1n) is 7.75. The summed E-state index contributed by atoms with van der Waals surface area (Å²) < 4.78 is 5.28. The van der Waals surface area contributed by atoms with Crippen molar-refractivity contribution in [3.63, 3.8) is 0 Å². The lowest BCUT2D eigenvalue weighted by Crippen LogP contribution is -2.56. The van der Waals surface area contributed by atoms with Gasteiger partial charge in [0, 0.05) is 23.7 Å². The van der Waals surface area contributed by atoms with E-state index < -0.39 is 5.54 Å². The van der Waals surface area contributed by atoms with E-state index in [4.69, 9.17) is 10.5 Å². The van der Waals surface area contributed by atoms with E-state index in [1.807, 2.05) is 37.3 Å². The van der Waals surface area contributed by atoms with Gasteiger partial charge in [0.2, 0.25) is 5.91 Å². The molecule has 2 heterocycles. The molecule has 1 saturated heterocycles. The Hall–Kier alpha value is -1.76. The summed E-state index contributed by atoms with van der Waals surface area (Å²) in [5, 5.41) is 3.94. The maximum absolute atomic E-state index is 12.4. The zero-order chi connectivity index (χ0) is 16.3. The number of carbonyl (C=O) groups excluding carboxylic acids is 1. The number of hydrogen-bond acceptors (Lipinski definition) is 5. The zero-order valence-corrected chi connectivity index (χ0v) is 14.0. The Morgan fingerprint density at radius 3 is 2.74 bits per heavy atom. The lowest BCUT2D eigenvalue weighted by molar-refractivity contribution is -0.129. The van der Waals surface area contributed by atoms with Crippen molar-refractivity contribution in [3.05, 3.63) is 40.9 Å². The second kappa shape index (κ2) is 6.78. The molecule has 1 aromatic carbocycles. The number of rotatable bonds is 4. The molecule has 122 valence electrons. The highest BCUT2D eigenvalue weighted by atomic mass is 32.1. The number of ether oxygens (including phenoxy) is 1. The van der Waals surface area contributed by atoms with Crippen LogP contribution in [0, 0.1) is 6.92 Å². The van der Waals surface area contributed by atoms with Gasteiger partial charge in [0.1, 0.15) is 5.01 Å². The van der Waals surface area contributed by atoms with Gasteiger partial charge in [0.15, 0.2) is 0 Å². The number of aromatic nitrogens is 1. The molecule has 1 aliphatic rings. The van der Waals surface area contributed by atoms with E-state index >= 15 is 0 Å². The van der Waals surface area contributed by atoms with Crippen LogP contribution >= 0.6 is 11.3 Å². The number of amides is 1. The van der Waals surface area contributed by atoms with Gasteiger partial charge >= 0.3 is 0 Å². The second-order valence-corrected chi connectivity index (χ2v) is 6.93. The van der Waals surface area contributed by atoms with Crippen molar-refractivity contribution in [1.29, 1.82) is 0 Å². The van der Waals surface area contributed by atoms with Crippen LogP contribution in [0.4, 0.5) is 0 Å². The van der Waals surface area contributed by atoms with Crippen molar-refractivity contribution in [2.75, 3.05) is 13.2 Å². The molecular weight excluding hydrogens is 310 g/mol. The van der Waals surface area contributed by atoms with Gasteiger partial charge in [-0.3, -0.25) is 4.79 Å². The number of nitrogens with two attached hydrogens (primary N) is 1. The minimum absolute atomic E-state index is 0.102.